The summed E-state index contributed by atoms with van der Waals surface area (Å²) in [6.07, 6.45) is 8.23. The van der Waals surface area contributed by atoms with Crippen LogP contribution in [0.4, 0.5) is 5.69 Å². The molecule has 0 spiro atoms. The van der Waals surface area contributed by atoms with E-state index in [0.29, 0.717) is 10.6 Å². The average Bonchev–Trinajstić information content (AvgIpc) is 3.19. The van der Waals surface area contributed by atoms with Crippen molar-refractivity contribution in [2.75, 3.05) is 4.72 Å². The maximum Gasteiger partial charge on any atom is 0.261 e. The number of aryl methyl sites for hydroxylation is 3. The molecule has 0 fully saturated rings. The van der Waals surface area contributed by atoms with Gasteiger partial charge in [0, 0.05) is 23.6 Å². The molecular weight excluding hydrogens is 394 g/mol. The predicted molar refractivity (Wildman–Crippen MR) is 119 cm³/mol. The highest BCUT2D eigenvalue weighted by molar-refractivity contribution is 7.92. The molecule has 2 heterocycles. The number of anilines is 1. The zero-order chi connectivity index (χ0) is 20.7. The summed E-state index contributed by atoms with van der Waals surface area (Å²) in [5.74, 6) is 0. The summed E-state index contributed by atoms with van der Waals surface area (Å²) in [5, 5.41) is 0. The fraction of sp³-hybridized carbons (Fsp3) is 0.208. The van der Waals surface area contributed by atoms with E-state index in [4.69, 9.17) is 4.98 Å². The van der Waals surface area contributed by atoms with Gasteiger partial charge in [0.05, 0.1) is 10.6 Å². The molecule has 0 amide bonds. The Labute approximate surface area is 176 Å². The van der Waals surface area contributed by atoms with Gasteiger partial charge in [-0.15, -0.1) is 0 Å². The van der Waals surface area contributed by atoms with Crippen LogP contribution < -0.4 is 4.72 Å². The van der Waals surface area contributed by atoms with Crippen molar-refractivity contribution in [1.82, 2.24) is 9.38 Å². The van der Waals surface area contributed by atoms with E-state index in [9.17, 15) is 8.42 Å². The van der Waals surface area contributed by atoms with Crippen LogP contribution in [0.25, 0.3) is 16.9 Å². The number of nitrogens with one attached hydrogen (secondary N) is 1. The number of sulfonamides is 1. The molecule has 0 saturated carbocycles. The van der Waals surface area contributed by atoms with Crippen molar-refractivity contribution in [1.29, 1.82) is 0 Å². The smallest absolute Gasteiger partial charge is 0.261 e. The lowest BCUT2D eigenvalue weighted by atomic mass is 9.92. The highest BCUT2D eigenvalue weighted by Gasteiger charge is 2.18. The molecule has 2 aromatic carbocycles. The van der Waals surface area contributed by atoms with Crippen LogP contribution >= 0.6 is 0 Å². The van der Waals surface area contributed by atoms with Crippen molar-refractivity contribution in [3.8, 4) is 11.3 Å². The van der Waals surface area contributed by atoms with Gasteiger partial charge in [-0.1, -0.05) is 24.3 Å². The molecule has 5 rings (SSSR count). The number of nitrogens with zero attached hydrogens (tertiary/aromatic N) is 2. The van der Waals surface area contributed by atoms with E-state index >= 15 is 0 Å². The summed E-state index contributed by atoms with van der Waals surface area (Å²) in [6.45, 7) is 2.03. The van der Waals surface area contributed by atoms with Crippen molar-refractivity contribution in [2.24, 2.45) is 0 Å². The third-order valence-corrected chi connectivity index (χ3v) is 7.12. The molecule has 1 N–H and O–H groups in total. The number of hydrogen-bond acceptors (Lipinski definition) is 3. The Morgan fingerprint density at radius 1 is 0.967 bits per heavy atom. The van der Waals surface area contributed by atoms with Crippen molar-refractivity contribution in [3.05, 3.63) is 83.7 Å². The van der Waals surface area contributed by atoms with Gasteiger partial charge < -0.3 is 4.40 Å². The maximum atomic E-state index is 12.9. The van der Waals surface area contributed by atoms with E-state index in [0.717, 1.165) is 47.3 Å². The Kier molecular flexibility index (Phi) is 4.59. The number of hydrogen-bond donors (Lipinski definition) is 1. The Bertz CT molecular complexity index is 1340. The van der Waals surface area contributed by atoms with E-state index in [1.807, 2.05) is 60.1 Å². The summed E-state index contributed by atoms with van der Waals surface area (Å²) in [7, 11) is -3.62. The molecule has 6 heteroatoms. The number of fused-ring (bicyclic) bond motifs is 2. The molecule has 4 aromatic rings. The predicted octanol–water partition coefficient (Wildman–Crippen LogP) is 4.99. The first-order chi connectivity index (χ1) is 14.5. The first kappa shape index (κ1) is 18.9. The van der Waals surface area contributed by atoms with Crippen LogP contribution in [0.1, 0.15) is 29.5 Å². The zero-order valence-electron chi connectivity index (χ0n) is 16.8. The third-order valence-electron chi connectivity index (χ3n) is 5.74. The van der Waals surface area contributed by atoms with E-state index in [1.165, 1.54) is 12.0 Å². The highest BCUT2D eigenvalue weighted by atomic mass is 32.2. The van der Waals surface area contributed by atoms with Crippen molar-refractivity contribution in [2.45, 2.75) is 37.5 Å². The lowest BCUT2D eigenvalue weighted by Gasteiger charge is -2.17. The minimum Gasteiger partial charge on any atom is -0.306 e. The van der Waals surface area contributed by atoms with Gasteiger partial charge in [-0.2, -0.15) is 0 Å². The van der Waals surface area contributed by atoms with Crippen molar-refractivity contribution in [3.63, 3.8) is 0 Å². The van der Waals surface area contributed by atoms with Crippen LogP contribution in [0.5, 0.6) is 0 Å². The summed E-state index contributed by atoms with van der Waals surface area (Å²) in [4.78, 5) is 5.02. The maximum absolute atomic E-state index is 12.9. The molecule has 0 atom stereocenters. The van der Waals surface area contributed by atoms with Gasteiger partial charge in [-0.3, -0.25) is 4.72 Å². The first-order valence-electron chi connectivity index (χ1n) is 10.2. The molecule has 0 unspecified atom stereocenters. The van der Waals surface area contributed by atoms with Crippen molar-refractivity contribution < 1.29 is 8.42 Å². The van der Waals surface area contributed by atoms with Crippen LogP contribution in [-0.2, 0) is 22.9 Å². The van der Waals surface area contributed by atoms with Gasteiger partial charge >= 0.3 is 0 Å². The first-order valence-corrected chi connectivity index (χ1v) is 11.7. The van der Waals surface area contributed by atoms with Crippen molar-refractivity contribution >= 4 is 21.4 Å². The van der Waals surface area contributed by atoms with Gasteiger partial charge in [0.15, 0.2) is 0 Å². The Hall–Kier alpha value is -3.12. The minimum absolute atomic E-state index is 0.322. The monoisotopic (exact) mass is 417 g/mol. The van der Waals surface area contributed by atoms with Gasteiger partial charge in [0.25, 0.3) is 10.0 Å². The molecule has 5 nitrogen and oxygen atoms in total. The molecule has 0 saturated heterocycles. The fourth-order valence-electron chi connectivity index (χ4n) is 4.09. The van der Waals surface area contributed by atoms with E-state index in [-0.39, 0.29) is 0 Å². The molecular formula is C24H23N3O2S. The zero-order valence-corrected chi connectivity index (χ0v) is 17.6. The van der Waals surface area contributed by atoms with Gasteiger partial charge in [-0.25, -0.2) is 13.4 Å². The van der Waals surface area contributed by atoms with Gasteiger partial charge in [-0.05, 0) is 79.6 Å². The topological polar surface area (TPSA) is 63.5 Å². The second kappa shape index (κ2) is 7.29. The molecule has 1 aliphatic carbocycles. The lowest BCUT2D eigenvalue weighted by molar-refractivity contribution is 0.600. The Balaban J connectivity index is 1.39. The SMILES string of the molecule is Cc1cccn2cc(-c3ccc(NS(=O)(=O)c4ccc5c(c4)CCCC5)cc3)nc12. The van der Waals surface area contributed by atoms with Gasteiger partial charge in [0.1, 0.15) is 5.65 Å². The number of imidazole rings is 1. The second-order valence-electron chi connectivity index (χ2n) is 7.87. The molecule has 0 bridgehead atoms. The number of aromatic nitrogens is 2. The number of rotatable bonds is 4. The summed E-state index contributed by atoms with van der Waals surface area (Å²) >= 11 is 0. The lowest BCUT2D eigenvalue weighted by Crippen LogP contribution is -2.14. The number of benzene rings is 2. The summed E-state index contributed by atoms with van der Waals surface area (Å²) in [6, 6.07) is 16.9. The normalized spacial score (nSPS) is 13.9. The minimum atomic E-state index is -3.62. The molecule has 30 heavy (non-hydrogen) atoms. The van der Waals surface area contributed by atoms with Crippen LogP contribution in [-0.4, -0.2) is 17.8 Å². The molecule has 152 valence electrons. The van der Waals surface area contributed by atoms with E-state index in [2.05, 4.69) is 4.72 Å². The van der Waals surface area contributed by atoms with Gasteiger partial charge in [0.2, 0.25) is 0 Å². The van der Waals surface area contributed by atoms with Crippen LogP contribution in [0.15, 0.2) is 71.9 Å². The largest absolute Gasteiger partial charge is 0.306 e. The molecule has 0 radical (unpaired) electrons. The highest BCUT2D eigenvalue weighted by Crippen LogP contribution is 2.26. The third kappa shape index (κ3) is 3.48. The van der Waals surface area contributed by atoms with Crippen LogP contribution in [0.2, 0.25) is 0 Å². The Morgan fingerprint density at radius 2 is 1.73 bits per heavy atom. The standard InChI is InChI=1S/C24H23N3O2S/c1-17-5-4-14-27-16-23(25-24(17)27)19-8-11-21(12-9-19)26-30(28,29)22-13-10-18-6-2-3-7-20(18)15-22/h4-5,8-16,26H,2-3,6-7H2,1H3. The number of pyridine rings is 1. The molecule has 1 aliphatic rings. The molecule has 0 aliphatic heterocycles. The fourth-order valence-corrected chi connectivity index (χ4v) is 5.20. The van der Waals surface area contributed by atoms with E-state index in [1.54, 1.807) is 18.2 Å². The average molecular weight is 418 g/mol. The van der Waals surface area contributed by atoms with Crippen LogP contribution in [0.3, 0.4) is 0 Å². The summed E-state index contributed by atoms with van der Waals surface area (Å²) < 4.78 is 30.4. The Morgan fingerprint density at radius 3 is 2.50 bits per heavy atom. The second-order valence-corrected chi connectivity index (χ2v) is 9.55. The summed E-state index contributed by atoms with van der Waals surface area (Å²) in [5.41, 5.74) is 6.79. The molecule has 2 aromatic heterocycles. The van der Waals surface area contributed by atoms with Crippen LogP contribution in [0, 0.1) is 6.92 Å². The van der Waals surface area contributed by atoms with E-state index < -0.39 is 10.0 Å². The quantitative estimate of drug-likeness (QED) is 0.509.